The molecule has 0 fully saturated rings. The van der Waals surface area contributed by atoms with Crippen molar-refractivity contribution in [2.24, 2.45) is 12.1 Å². The normalized spacial score (nSPS) is 11.8. The Bertz CT molecular complexity index is 1420. The third-order valence-corrected chi connectivity index (χ3v) is 5.36. The summed E-state index contributed by atoms with van der Waals surface area (Å²) in [4.78, 5) is 32.1. The second-order valence-corrected chi connectivity index (χ2v) is 7.91. The average molecular weight is 483 g/mol. The minimum atomic E-state index is -0.540. The van der Waals surface area contributed by atoms with Gasteiger partial charge in [0.2, 0.25) is 5.95 Å². The van der Waals surface area contributed by atoms with E-state index >= 15 is 0 Å². The number of fused-ring (bicyclic) bond motifs is 1. The highest BCUT2D eigenvalue weighted by Gasteiger charge is 2.16. The highest BCUT2D eigenvalue weighted by atomic mass is 79.9. The smallest absolute Gasteiger partial charge is 0.328 e. The predicted molar refractivity (Wildman–Crippen MR) is 123 cm³/mol. The largest absolute Gasteiger partial charge is 0.508 e. The molecule has 0 amide bonds. The zero-order valence-corrected chi connectivity index (χ0v) is 18.3. The number of hydrogen-bond donors (Lipinski definition) is 3. The summed E-state index contributed by atoms with van der Waals surface area (Å²) in [6.45, 7) is 2.02. The van der Waals surface area contributed by atoms with E-state index in [0.717, 1.165) is 15.6 Å². The Hall–Kier alpha value is -3.66. The van der Waals surface area contributed by atoms with Crippen molar-refractivity contribution in [1.29, 1.82) is 0 Å². The van der Waals surface area contributed by atoms with Crippen LogP contribution in [-0.4, -0.2) is 29.9 Å². The van der Waals surface area contributed by atoms with Crippen molar-refractivity contribution >= 4 is 38.8 Å². The molecule has 31 heavy (non-hydrogen) atoms. The van der Waals surface area contributed by atoms with Gasteiger partial charge in [0.1, 0.15) is 11.4 Å². The maximum atomic E-state index is 12.8. The van der Waals surface area contributed by atoms with Crippen LogP contribution in [0.4, 0.5) is 5.95 Å². The van der Waals surface area contributed by atoms with E-state index in [9.17, 15) is 14.7 Å². The molecule has 4 rings (SSSR count). The van der Waals surface area contributed by atoms with Crippen LogP contribution in [0.15, 0.2) is 67.7 Å². The van der Waals surface area contributed by atoms with Crippen LogP contribution >= 0.6 is 15.9 Å². The Labute approximate surface area is 184 Å². The molecule has 0 bridgehead atoms. The summed E-state index contributed by atoms with van der Waals surface area (Å²) in [6, 6.07) is 14.1. The topological polar surface area (TPSA) is 117 Å². The number of aromatic nitrogens is 4. The van der Waals surface area contributed by atoms with Crippen LogP contribution in [-0.2, 0) is 13.6 Å². The molecular weight excluding hydrogens is 464 g/mol. The quantitative estimate of drug-likeness (QED) is 0.298. The zero-order valence-electron chi connectivity index (χ0n) is 16.8. The molecule has 158 valence electrons. The van der Waals surface area contributed by atoms with Crippen molar-refractivity contribution in [3.63, 3.8) is 0 Å². The Kier molecular flexibility index (Phi) is 5.47. The molecular formula is C21H19BrN6O3. The lowest BCUT2D eigenvalue weighted by molar-refractivity contribution is 0.475. The summed E-state index contributed by atoms with van der Waals surface area (Å²) in [7, 11) is 1.68. The fourth-order valence-electron chi connectivity index (χ4n) is 3.22. The SMILES string of the molecule is C/C(=N\Nc1nc(=O)c2c([nH]c(=O)n2Cc2cccc(Br)c2)n1C)c1ccc(O)cc1. The van der Waals surface area contributed by atoms with Crippen molar-refractivity contribution in [3.05, 3.63) is 85.0 Å². The number of imidazole rings is 1. The van der Waals surface area contributed by atoms with Crippen LogP contribution in [0, 0.1) is 0 Å². The Balaban J connectivity index is 1.70. The number of nitrogens with zero attached hydrogens (tertiary/aromatic N) is 4. The number of anilines is 1. The van der Waals surface area contributed by atoms with E-state index in [1.54, 1.807) is 42.8 Å². The van der Waals surface area contributed by atoms with Crippen LogP contribution in [0.3, 0.4) is 0 Å². The van der Waals surface area contributed by atoms with Gasteiger partial charge in [0.15, 0.2) is 5.52 Å². The summed E-state index contributed by atoms with van der Waals surface area (Å²) >= 11 is 3.41. The number of H-pyrrole nitrogens is 1. The number of aromatic amines is 1. The molecule has 9 nitrogen and oxygen atoms in total. The Morgan fingerprint density at radius 3 is 2.68 bits per heavy atom. The molecule has 0 saturated heterocycles. The third-order valence-electron chi connectivity index (χ3n) is 4.87. The molecule has 2 aromatic heterocycles. The Morgan fingerprint density at radius 1 is 1.23 bits per heavy atom. The molecule has 0 atom stereocenters. The fourth-order valence-corrected chi connectivity index (χ4v) is 3.66. The number of benzene rings is 2. The second-order valence-electron chi connectivity index (χ2n) is 7.00. The van der Waals surface area contributed by atoms with Gasteiger partial charge in [-0.15, -0.1) is 0 Å². The van der Waals surface area contributed by atoms with Gasteiger partial charge in [0, 0.05) is 11.5 Å². The van der Waals surface area contributed by atoms with E-state index in [4.69, 9.17) is 0 Å². The van der Waals surface area contributed by atoms with Crippen LogP contribution in [0.25, 0.3) is 11.2 Å². The number of hydrogen-bond acceptors (Lipinski definition) is 6. The number of aryl methyl sites for hydroxylation is 1. The lowest BCUT2D eigenvalue weighted by atomic mass is 10.1. The van der Waals surface area contributed by atoms with Crippen molar-refractivity contribution in [2.45, 2.75) is 13.5 Å². The maximum absolute atomic E-state index is 12.8. The number of hydrazone groups is 1. The first-order valence-corrected chi connectivity index (χ1v) is 10.2. The summed E-state index contributed by atoms with van der Waals surface area (Å²) in [6.07, 6.45) is 0. The third kappa shape index (κ3) is 4.15. The molecule has 2 aromatic carbocycles. The lowest BCUT2D eigenvalue weighted by Gasteiger charge is -2.09. The number of halogens is 1. The summed E-state index contributed by atoms with van der Waals surface area (Å²) in [5.41, 5.74) is 4.69. The first-order chi connectivity index (χ1) is 14.8. The van der Waals surface area contributed by atoms with E-state index in [1.807, 2.05) is 24.3 Å². The lowest BCUT2D eigenvalue weighted by Crippen LogP contribution is -2.22. The number of phenolic OH excluding ortho intramolecular Hbond substituents is 1. The number of nitrogens with one attached hydrogen (secondary N) is 2. The van der Waals surface area contributed by atoms with E-state index < -0.39 is 11.2 Å². The highest BCUT2D eigenvalue weighted by Crippen LogP contribution is 2.15. The average Bonchev–Trinajstić information content (AvgIpc) is 3.07. The minimum absolute atomic E-state index is 0.162. The molecule has 0 spiro atoms. The molecule has 0 unspecified atom stereocenters. The first kappa shape index (κ1) is 20.6. The van der Waals surface area contributed by atoms with Gasteiger partial charge in [0.05, 0.1) is 12.3 Å². The van der Waals surface area contributed by atoms with Gasteiger partial charge >= 0.3 is 11.2 Å². The van der Waals surface area contributed by atoms with Crippen molar-refractivity contribution in [3.8, 4) is 5.75 Å². The standard InChI is InChI=1S/C21H19BrN6O3/c1-12(14-6-8-16(29)9-7-14)25-26-20-24-19(30)17-18(27(20)2)23-21(31)28(17)11-13-4-3-5-15(22)10-13/h3-10,29H,11H2,1-2H3,(H,23,31)(H,24,26,30)/b25-12+. The van der Waals surface area contributed by atoms with Crippen LogP contribution < -0.4 is 16.7 Å². The molecule has 2 heterocycles. The van der Waals surface area contributed by atoms with Crippen LogP contribution in [0.5, 0.6) is 5.75 Å². The van der Waals surface area contributed by atoms with Gasteiger partial charge in [-0.2, -0.15) is 10.1 Å². The zero-order chi connectivity index (χ0) is 22.1. The van der Waals surface area contributed by atoms with E-state index in [2.05, 4.69) is 36.4 Å². The summed E-state index contributed by atoms with van der Waals surface area (Å²) < 4.78 is 3.84. The molecule has 0 aliphatic carbocycles. The van der Waals surface area contributed by atoms with Crippen molar-refractivity contribution < 1.29 is 5.11 Å². The minimum Gasteiger partial charge on any atom is -0.508 e. The van der Waals surface area contributed by atoms with E-state index in [0.29, 0.717) is 11.4 Å². The Morgan fingerprint density at radius 2 is 1.97 bits per heavy atom. The number of rotatable bonds is 5. The molecule has 0 radical (unpaired) electrons. The molecule has 10 heteroatoms. The van der Waals surface area contributed by atoms with E-state index in [-0.39, 0.29) is 23.8 Å². The molecule has 4 aromatic rings. The van der Waals surface area contributed by atoms with Gasteiger partial charge in [0.25, 0.3) is 0 Å². The summed E-state index contributed by atoms with van der Waals surface area (Å²) in [5, 5.41) is 13.7. The fraction of sp³-hybridized carbons (Fsp3) is 0.143. The summed E-state index contributed by atoms with van der Waals surface area (Å²) in [5.74, 6) is 0.349. The number of aromatic hydroxyl groups is 1. The molecule has 0 saturated carbocycles. The maximum Gasteiger partial charge on any atom is 0.328 e. The second kappa shape index (κ2) is 8.23. The van der Waals surface area contributed by atoms with Crippen molar-refractivity contribution in [2.75, 3.05) is 5.43 Å². The molecule has 3 N–H and O–H groups in total. The highest BCUT2D eigenvalue weighted by molar-refractivity contribution is 9.10. The van der Waals surface area contributed by atoms with Gasteiger partial charge < -0.3 is 5.11 Å². The van der Waals surface area contributed by atoms with E-state index in [1.165, 1.54) is 4.57 Å². The van der Waals surface area contributed by atoms with Crippen molar-refractivity contribution in [1.82, 2.24) is 19.1 Å². The molecule has 0 aliphatic rings. The van der Waals surface area contributed by atoms with Crippen LogP contribution in [0.1, 0.15) is 18.1 Å². The van der Waals surface area contributed by atoms with Gasteiger partial charge in [-0.3, -0.25) is 18.9 Å². The number of phenols is 1. The van der Waals surface area contributed by atoms with Crippen LogP contribution in [0.2, 0.25) is 0 Å². The van der Waals surface area contributed by atoms with Gasteiger partial charge in [-0.25, -0.2) is 10.2 Å². The monoisotopic (exact) mass is 482 g/mol. The predicted octanol–water partition coefficient (Wildman–Crippen LogP) is 2.78. The van der Waals surface area contributed by atoms with Gasteiger partial charge in [-0.1, -0.05) is 28.1 Å². The molecule has 0 aliphatic heterocycles. The first-order valence-electron chi connectivity index (χ1n) is 9.37. The van der Waals surface area contributed by atoms with Gasteiger partial charge in [-0.05, 0) is 54.4 Å².